The van der Waals surface area contributed by atoms with Gasteiger partial charge in [0.25, 0.3) is 0 Å². The number of nitrogens with one attached hydrogen (secondary N) is 1. The summed E-state index contributed by atoms with van der Waals surface area (Å²) < 4.78 is 0. The van der Waals surface area contributed by atoms with E-state index in [4.69, 9.17) is 5.26 Å². The SMILES string of the molecule is N#Cc1cc(NC2CCSC2)ncn1. The number of hydrogen-bond donors (Lipinski definition) is 1. The van der Waals surface area contributed by atoms with E-state index in [1.165, 1.54) is 12.1 Å². The quantitative estimate of drug-likeness (QED) is 0.789. The summed E-state index contributed by atoms with van der Waals surface area (Å²) in [6.07, 6.45) is 2.58. The zero-order valence-corrected chi connectivity index (χ0v) is 8.42. The van der Waals surface area contributed by atoms with Gasteiger partial charge in [-0.15, -0.1) is 0 Å². The minimum Gasteiger partial charge on any atom is -0.366 e. The van der Waals surface area contributed by atoms with Crippen LogP contribution in [0.2, 0.25) is 0 Å². The second-order valence-corrected chi connectivity index (χ2v) is 4.25. The van der Waals surface area contributed by atoms with Crippen molar-refractivity contribution in [3.63, 3.8) is 0 Å². The van der Waals surface area contributed by atoms with E-state index < -0.39 is 0 Å². The number of thioether (sulfide) groups is 1. The van der Waals surface area contributed by atoms with Gasteiger partial charge >= 0.3 is 0 Å². The van der Waals surface area contributed by atoms with Crippen LogP contribution < -0.4 is 5.32 Å². The summed E-state index contributed by atoms with van der Waals surface area (Å²) in [5.74, 6) is 3.07. The van der Waals surface area contributed by atoms with Crippen molar-refractivity contribution in [1.82, 2.24) is 9.97 Å². The molecule has 1 aliphatic rings. The highest BCUT2D eigenvalue weighted by atomic mass is 32.2. The molecule has 2 rings (SSSR count). The normalized spacial score (nSPS) is 20.4. The van der Waals surface area contributed by atoms with Gasteiger partial charge in [-0.05, 0) is 12.2 Å². The van der Waals surface area contributed by atoms with E-state index in [0.717, 1.165) is 18.0 Å². The Kier molecular flexibility index (Phi) is 2.84. The monoisotopic (exact) mass is 206 g/mol. The standard InChI is InChI=1S/C9H10N4S/c10-4-8-3-9(12-6-11-8)13-7-1-2-14-5-7/h3,6-7H,1-2,5H2,(H,11,12,13). The summed E-state index contributed by atoms with van der Waals surface area (Å²) >= 11 is 1.94. The minimum atomic E-state index is 0.410. The number of hydrogen-bond acceptors (Lipinski definition) is 5. The lowest BCUT2D eigenvalue weighted by molar-refractivity contribution is 0.805. The van der Waals surface area contributed by atoms with E-state index >= 15 is 0 Å². The van der Waals surface area contributed by atoms with Crippen LogP contribution >= 0.6 is 11.8 Å². The summed E-state index contributed by atoms with van der Waals surface area (Å²) in [7, 11) is 0. The first-order valence-corrected chi connectivity index (χ1v) is 5.60. The predicted octanol–water partition coefficient (Wildman–Crippen LogP) is 1.27. The van der Waals surface area contributed by atoms with Crippen molar-refractivity contribution in [2.45, 2.75) is 12.5 Å². The lowest BCUT2D eigenvalue weighted by atomic mass is 10.2. The highest BCUT2D eigenvalue weighted by Gasteiger charge is 2.15. The maximum Gasteiger partial charge on any atom is 0.145 e. The molecule has 1 aromatic heterocycles. The molecule has 14 heavy (non-hydrogen) atoms. The summed E-state index contributed by atoms with van der Waals surface area (Å²) in [6, 6.07) is 4.17. The third kappa shape index (κ3) is 2.15. The molecule has 0 saturated carbocycles. The zero-order valence-electron chi connectivity index (χ0n) is 7.60. The van der Waals surface area contributed by atoms with Crippen LogP contribution in [0.3, 0.4) is 0 Å². The maximum atomic E-state index is 8.65. The van der Waals surface area contributed by atoms with Crippen molar-refractivity contribution in [2.75, 3.05) is 16.8 Å². The molecule has 0 radical (unpaired) electrons. The molecular formula is C9H10N4S. The third-order valence-corrected chi connectivity index (χ3v) is 3.23. The predicted molar refractivity (Wildman–Crippen MR) is 56.1 cm³/mol. The Bertz CT molecular complexity index is 354. The fraction of sp³-hybridized carbons (Fsp3) is 0.444. The van der Waals surface area contributed by atoms with Crippen molar-refractivity contribution in [3.8, 4) is 6.07 Å². The molecule has 1 N–H and O–H groups in total. The number of nitriles is 1. The average Bonchev–Trinajstić information content (AvgIpc) is 2.71. The van der Waals surface area contributed by atoms with Gasteiger partial charge in [0.05, 0.1) is 0 Å². The van der Waals surface area contributed by atoms with Crippen molar-refractivity contribution in [3.05, 3.63) is 18.1 Å². The van der Waals surface area contributed by atoms with Crippen LogP contribution in [0.15, 0.2) is 12.4 Å². The van der Waals surface area contributed by atoms with Crippen LogP contribution in [0, 0.1) is 11.3 Å². The molecule has 2 heterocycles. The molecule has 0 spiro atoms. The Labute approximate surface area is 86.8 Å². The van der Waals surface area contributed by atoms with Crippen LogP contribution in [0.4, 0.5) is 5.82 Å². The van der Waals surface area contributed by atoms with Gasteiger partial charge in [-0.3, -0.25) is 0 Å². The number of rotatable bonds is 2. The fourth-order valence-electron chi connectivity index (χ4n) is 1.35. The maximum absolute atomic E-state index is 8.65. The molecule has 1 aromatic rings. The number of aromatic nitrogens is 2. The topological polar surface area (TPSA) is 61.6 Å². The molecule has 72 valence electrons. The summed E-state index contributed by atoms with van der Waals surface area (Å²) in [5, 5.41) is 11.9. The first-order chi connectivity index (χ1) is 6.88. The van der Waals surface area contributed by atoms with Gasteiger partial charge in [0, 0.05) is 17.9 Å². The fourth-order valence-corrected chi connectivity index (χ4v) is 2.51. The largest absolute Gasteiger partial charge is 0.366 e. The lowest BCUT2D eigenvalue weighted by Crippen LogP contribution is -2.18. The summed E-state index contributed by atoms with van der Waals surface area (Å²) in [5.41, 5.74) is 0.410. The first-order valence-electron chi connectivity index (χ1n) is 4.45. The van der Waals surface area contributed by atoms with E-state index in [-0.39, 0.29) is 0 Å². The lowest BCUT2D eigenvalue weighted by Gasteiger charge is -2.10. The Morgan fingerprint density at radius 3 is 3.21 bits per heavy atom. The van der Waals surface area contributed by atoms with E-state index in [0.29, 0.717) is 11.7 Å². The Morgan fingerprint density at radius 1 is 1.57 bits per heavy atom. The number of anilines is 1. The third-order valence-electron chi connectivity index (χ3n) is 2.06. The Hall–Kier alpha value is -1.28. The Balaban J connectivity index is 2.05. The van der Waals surface area contributed by atoms with E-state index in [9.17, 15) is 0 Å². The van der Waals surface area contributed by atoms with Gasteiger partial charge in [-0.2, -0.15) is 17.0 Å². The van der Waals surface area contributed by atoms with Gasteiger partial charge in [0.2, 0.25) is 0 Å². The van der Waals surface area contributed by atoms with Gasteiger partial charge < -0.3 is 5.32 Å². The minimum absolute atomic E-state index is 0.410. The molecule has 5 heteroatoms. The molecule has 0 amide bonds. The van der Waals surface area contributed by atoms with Gasteiger partial charge in [-0.25, -0.2) is 9.97 Å². The summed E-state index contributed by atoms with van der Waals surface area (Å²) in [6.45, 7) is 0. The van der Waals surface area contributed by atoms with Crippen LogP contribution in [0.1, 0.15) is 12.1 Å². The Morgan fingerprint density at radius 2 is 2.50 bits per heavy atom. The van der Waals surface area contributed by atoms with Crippen molar-refractivity contribution >= 4 is 17.6 Å². The van der Waals surface area contributed by atoms with E-state index in [1.807, 2.05) is 17.8 Å². The molecule has 1 atom stereocenters. The highest BCUT2D eigenvalue weighted by Crippen LogP contribution is 2.20. The first kappa shape index (κ1) is 9.28. The van der Waals surface area contributed by atoms with E-state index in [2.05, 4.69) is 15.3 Å². The van der Waals surface area contributed by atoms with Crippen molar-refractivity contribution < 1.29 is 0 Å². The smallest absolute Gasteiger partial charge is 0.145 e. The molecule has 0 bridgehead atoms. The molecule has 1 unspecified atom stereocenters. The second kappa shape index (κ2) is 4.29. The molecule has 1 fully saturated rings. The molecular weight excluding hydrogens is 196 g/mol. The van der Waals surface area contributed by atoms with Crippen LogP contribution in [0.25, 0.3) is 0 Å². The molecule has 0 aromatic carbocycles. The van der Waals surface area contributed by atoms with Crippen LogP contribution in [0.5, 0.6) is 0 Å². The van der Waals surface area contributed by atoms with Gasteiger partial charge in [0.1, 0.15) is 23.9 Å². The zero-order chi connectivity index (χ0) is 9.80. The van der Waals surface area contributed by atoms with Crippen molar-refractivity contribution in [2.24, 2.45) is 0 Å². The molecule has 1 saturated heterocycles. The molecule has 0 aliphatic carbocycles. The van der Waals surface area contributed by atoms with Gasteiger partial charge in [-0.1, -0.05) is 0 Å². The van der Waals surface area contributed by atoms with Crippen LogP contribution in [-0.2, 0) is 0 Å². The molecule has 1 aliphatic heterocycles. The van der Waals surface area contributed by atoms with E-state index in [1.54, 1.807) is 6.07 Å². The number of nitrogens with zero attached hydrogens (tertiary/aromatic N) is 3. The molecule has 4 nitrogen and oxygen atoms in total. The van der Waals surface area contributed by atoms with Gasteiger partial charge in [0.15, 0.2) is 0 Å². The average molecular weight is 206 g/mol. The second-order valence-electron chi connectivity index (χ2n) is 3.11. The summed E-state index contributed by atoms with van der Waals surface area (Å²) in [4.78, 5) is 7.88. The van der Waals surface area contributed by atoms with Crippen LogP contribution in [-0.4, -0.2) is 27.5 Å². The highest BCUT2D eigenvalue weighted by molar-refractivity contribution is 7.99. The van der Waals surface area contributed by atoms with Crippen molar-refractivity contribution in [1.29, 1.82) is 5.26 Å².